The molecule has 104 valence electrons. The molecule has 0 amide bonds. The maximum Gasteiger partial charge on any atom is 0.235 e. The van der Waals surface area contributed by atoms with Crippen LogP contribution in [0.1, 0.15) is 31.9 Å². The molecule has 0 atom stereocenters. The summed E-state index contributed by atoms with van der Waals surface area (Å²) in [6, 6.07) is 5.43. The van der Waals surface area contributed by atoms with Crippen LogP contribution in [0.25, 0.3) is 0 Å². The molecule has 4 nitrogen and oxygen atoms in total. The van der Waals surface area contributed by atoms with Crippen LogP contribution in [0.5, 0.6) is 0 Å². The van der Waals surface area contributed by atoms with Gasteiger partial charge in [0, 0.05) is 5.56 Å². The Morgan fingerprint density at radius 3 is 2.58 bits per heavy atom. The highest BCUT2D eigenvalue weighted by molar-refractivity contribution is 7.93. The maximum atomic E-state index is 11.9. The molecule has 3 N–H and O–H groups in total. The molecule has 0 aromatic heterocycles. The number of rotatable bonds is 4. The summed E-state index contributed by atoms with van der Waals surface area (Å²) in [5.74, 6) is 5.72. The van der Waals surface area contributed by atoms with E-state index in [1.807, 2.05) is 13.0 Å². The van der Waals surface area contributed by atoms with Crippen LogP contribution in [0, 0.1) is 11.8 Å². The van der Waals surface area contributed by atoms with Crippen molar-refractivity contribution in [1.29, 1.82) is 0 Å². The van der Waals surface area contributed by atoms with Crippen molar-refractivity contribution in [3.63, 3.8) is 0 Å². The Morgan fingerprint density at radius 1 is 1.37 bits per heavy atom. The molecule has 0 aliphatic carbocycles. The first-order valence-corrected chi connectivity index (χ1v) is 7.78. The summed E-state index contributed by atoms with van der Waals surface area (Å²) in [6.45, 7) is 5.58. The monoisotopic (exact) mass is 280 g/mol. The van der Waals surface area contributed by atoms with Gasteiger partial charge in [-0.05, 0) is 44.0 Å². The number of nitrogens with one attached hydrogen (secondary N) is 1. The highest BCUT2D eigenvalue weighted by Crippen LogP contribution is 2.20. The van der Waals surface area contributed by atoms with E-state index in [1.165, 1.54) is 0 Å². The van der Waals surface area contributed by atoms with Gasteiger partial charge in [-0.25, -0.2) is 8.42 Å². The average Bonchev–Trinajstić information content (AvgIpc) is 2.37. The van der Waals surface area contributed by atoms with Crippen LogP contribution in [-0.2, 0) is 16.4 Å². The fourth-order valence-corrected chi connectivity index (χ4v) is 2.23. The van der Waals surface area contributed by atoms with E-state index in [0.29, 0.717) is 12.2 Å². The Labute approximate surface area is 115 Å². The quantitative estimate of drug-likeness (QED) is 0.825. The standard InChI is InChI=1S/C14H20N2O2S/c1-4-13-10-12(6-5-9-15)7-8-14(13)16-19(17,18)11(2)3/h7-8,10-11,16H,4,9,15H2,1-3H3. The molecule has 0 spiro atoms. The van der Waals surface area contributed by atoms with Crippen LogP contribution in [-0.4, -0.2) is 20.2 Å². The zero-order chi connectivity index (χ0) is 14.5. The molecule has 1 rings (SSSR count). The van der Waals surface area contributed by atoms with Gasteiger partial charge in [0.05, 0.1) is 17.5 Å². The van der Waals surface area contributed by atoms with E-state index >= 15 is 0 Å². The molecule has 0 bridgehead atoms. The molecule has 1 aromatic rings. The smallest absolute Gasteiger partial charge is 0.235 e. The van der Waals surface area contributed by atoms with Crippen molar-refractivity contribution >= 4 is 15.7 Å². The lowest BCUT2D eigenvalue weighted by Gasteiger charge is -2.14. The third-order valence-corrected chi connectivity index (χ3v) is 4.44. The van der Waals surface area contributed by atoms with Gasteiger partial charge >= 0.3 is 0 Å². The lowest BCUT2D eigenvalue weighted by atomic mass is 10.1. The van der Waals surface area contributed by atoms with Crippen molar-refractivity contribution in [3.8, 4) is 11.8 Å². The molecule has 0 unspecified atom stereocenters. The van der Waals surface area contributed by atoms with E-state index < -0.39 is 15.3 Å². The SMILES string of the molecule is CCc1cc(C#CCN)ccc1NS(=O)(=O)C(C)C. The minimum Gasteiger partial charge on any atom is -0.320 e. The number of hydrogen-bond acceptors (Lipinski definition) is 3. The third kappa shape index (κ3) is 4.27. The summed E-state index contributed by atoms with van der Waals surface area (Å²) in [4.78, 5) is 0. The predicted molar refractivity (Wildman–Crippen MR) is 79.4 cm³/mol. The highest BCUT2D eigenvalue weighted by atomic mass is 32.2. The molecule has 0 fully saturated rings. The second kappa shape index (κ2) is 6.60. The van der Waals surface area contributed by atoms with Crippen molar-refractivity contribution in [2.45, 2.75) is 32.4 Å². The van der Waals surface area contributed by atoms with Crippen LogP contribution >= 0.6 is 0 Å². The van der Waals surface area contributed by atoms with E-state index in [1.54, 1.807) is 26.0 Å². The summed E-state index contributed by atoms with van der Waals surface area (Å²) < 4.78 is 26.4. The summed E-state index contributed by atoms with van der Waals surface area (Å²) in [5, 5.41) is -0.464. The Hall–Kier alpha value is -1.51. The van der Waals surface area contributed by atoms with Crippen LogP contribution in [0.3, 0.4) is 0 Å². The first-order chi connectivity index (χ1) is 8.90. The summed E-state index contributed by atoms with van der Waals surface area (Å²) in [6.07, 6.45) is 0.730. The number of sulfonamides is 1. The summed E-state index contributed by atoms with van der Waals surface area (Å²) in [5.41, 5.74) is 7.71. The van der Waals surface area contributed by atoms with Crippen molar-refractivity contribution < 1.29 is 8.42 Å². The second-order valence-electron chi connectivity index (χ2n) is 4.43. The van der Waals surface area contributed by atoms with Crippen LogP contribution in [0.15, 0.2) is 18.2 Å². The van der Waals surface area contributed by atoms with Crippen molar-refractivity contribution in [1.82, 2.24) is 0 Å². The first kappa shape index (κ1) is 15.5. The molecule has 1 aromatic carbocycles. The fourth-order valence-electron chi connectivity index (χ4n) is 1.49. The Kier molecular flexibility index (Phi) is 5.40. The maximum absolute atomic E-state index is 11.9. The normalized spacial score (nSPS) is 11.0. The van der Waals surface area contributed by atoms with Crippen LogP contribution < -0.4 is 10.5 Å². The van der Waals surface area contributed by atoms with Crippen LogP contribution in [0.2, 0.25) is 0 Å². The molecule has 0 saturated heterocycles. The average molecular weight is 280 g/mol. The molecule has 19 heavy (non-hydrogen) atoms. The van der Waals surface area contributed by atoms with Crippen molar-refractivity contribution in [2.24, 2.45) is 5.73 Å². The molecule has 0 aliphatic rings. The molecule has 0 heterocycles. The minimum atomic E-state index is -3.32. The number of anilines is 1. The minimum absolute atomic E-state index is 0.309. The van der Waals surface area contributed by atoms with E-state index in [2.05, 4.69) is 16.6 Å². The largest absolute Gasteiger partial charge is 0.320 e. The zero-order valence-corrected chi connectivity index (χ0v) is 12.3. The van der Waals surface area contributed by atoms with Gasteiger partial charge in [0.15, 0.2) is 0 Å². The first-order valence-electron chi connectivity index (χ1n) is 6.24. The summed E-state index contributed by atoms with van der Waals surface area (Å²) >= 11 is 0. The van der Waals surface area contributed by atoms with E-state index in [-0.39, 0.29) is 0 Å². The molecule has 5 heteroatoms. The number of benzene rings is 1. The fraction of sp³-hybridized carbons (Fsp3) is 0.429. The molecule has 0 saturated carbocycles. The van der Waals surface area contributed by atoms with Gasteiger partial charge in [-0.2, -0.15) is 0 Å². The van der Waals surface area contributed by atoms with E-state index in [0.717, 1.165) is 17.5 Å². The highest BCUT2D eigenvalue weighted by Gasteiger charge is 2.16. The zero-order valence-electron chi connectivity index (χ0n) is 11.5. The van der Waals surface area contributed by atoms with Gasteiger partial charge in [0.2, 0.25) is 10.0 Å². The molecule has 0 aliphatic heterocycles. The Bertz CT molecular complexity index is 596. The Balaban J connectivity index is 3.10. The lowest BCUT2D eigenvalue weighted by molar-refractivity contribution is 0.592. The lowest BCUT2D eigenvalue weighted by Crippen LogP contribution is -2.23. The van der Waals surface area contributed by atoms with Gasteiger partial charge in [-0.3, -0.25) is 4.72 Å². The Morgan fingerprint density at radius 2 is 2.05 bits per heavy atom. The van der Waals surface area contributed by atoms with Crippen molar-refractivity contribution in [3.05, 3.63) is 29.3 Å². The van der Waals surface area contributed by atoms with Crippen LogP contribution in [0.4, 0.5) is 5.69 Å². The van der Waals surface area contributed by atoms with E-state index in [9.17, 15) is 8.42 Å². The number of nitrogens with two attached hydrogens (primary N) is 1. The predicted octanol–water partition coefficient (Wildman–Crippen LogP) is 1.71. The summed E-state index contributed by atoms with van der Waals surface area (Å²) in [7, 11) is -3.32. The van der Waals surface area contributed by atoms with Gasteiger partial charge < -0.3 is 5.73 Å². The van der Waals surface area contributed by atoms with Gasteiger partial charge in [0.25, 0.3) is 0 Å². The second-order valence-corrected chi connectivity index (χ2v) is 6.66. The molecular formula is C14H20N2O2S. The third-order valence-electron chi connectivity index (χ3n) is 2.69. The molecule has 0 radical (unpaired) electrons. The van der Waals surface area contributed by atoms with E-state index in [4.69, 9.17) is 5.73 Å². The van der Waals surface area contributed by atoms with Gasteiger partial charge in [-0.15, -0.1) is 0 Å². The number of hydrogen-bond donors (Lipinski definition) is 2. The van der Waals surface area contributed by atoms with Gasteiger partial charge in [0.1, 0.15) is 0 Å². The van der Waals surface area contributed by atoms with Gasteiger partial charge in [-0.1, -0.05) is 18.8 Å². The topological polar surface area (TPSA) is 72.2 Å². The van der Waals surface area contributed by atoms with Crippen molar-refractivity contribution in [2.75, 3.05) is 11.3 Å². The molecular weight excluding hydrogens is 260 g/mol. The number of aryl methyl sites for hydroxylation is 1.